The third-order valence-corrected chi connectivity index (χ3v) is 6.10. The van der Waals surface area contributed by atoms with Crippen LogP contribution >= 0.6 is 0 Å². The summed E-state index contributed by atoms with van der Waals surface area (Å²) in [6.07, 6.45) is 7.91. The minimum absolute atomic E-state index is 0.0151. The highest BCUT2D eigenvalue weighted by atomic mass is 16.2. The first kappa shape index (κ1) is 17.2. The second-order valence-corrected chi connectivity index (χ2v) is 7.92. The lowest BCUT2D eigenvalue weighted by molar-refractivity contribution is 0.0720. The Kier molecular flexibility index (Phi) is 4.26. The molecule has 5 rings (SSSR count). The molecular formula is C22H24N4O2. The van der Waals surface area contributed by atoms with E-state index in [-0.39, 0.29) is 17.5 Å². The van der Waals surface area contributed by atoms with E-state index in [2.05, 4.69) is 10.1 Å². The van der Waals surface area contributed by atoms with Gasteiger partial charge in [0.15, 0.2) is 0 Å². The molecule has 1 aliphatic heterocycles. The number of hydrogen-bond acceptors (Lipinski definition) is 3. The van der Waals surface area contributed by atoms with Gasteiger partial charge in [0.25, 0.3) is 11.5 Å². The number of amides is 1. The quantitative estimate of drug-likeness (QED) is 0.764. The molecule has 1 saturated heterocycles. The molecule has 144 valence electrons. The fraction of sp³-hybridized carbons (Fsp3) is 0.409. The van der Waals surface area contributed by atoms with E-state index < -0.39 is 0 Å². The molecule has 0 spiro atoms. The number of carbonyl (C=O) groups is 1. The van der Waals surface area contributed by atoms with Crippen molar-refractivity contribution in [1.82, 2.24) is 19.7 Å². The highest BCUT2D eigenvalue weighted by Gasteiger charge is 2.30. The zero-order valence-corrected chi connectivity index (χ0v) is 15.9. The van der Waals surface area contributed by atoms with Crippen molar-refractivity contribution in [3.63, 3.8) is 0 Å². The Balaban J connectivity index is 1.39. The number of carbonyl (C=O) groups excluding carboxylic acids is 1. The number of hydrogen-bond donors (Lipinski definition) is 1. The molecule has 3 heterocycles. The van der Waals surface area contributed by atoms with E-state index in [1.165, 1.54) is 0 Å². The van der Waals surface area contributed by atoms with E-state index in [1.807, 2.05) is 35.4 Å². The number of likely N-dealkylation sites (tertiary alicyclic amines) is 1. The molecular weight excluding hydrogens is 352 g/mol. The molecule has 1 atom stereocenters. The monoisotopic (exact) mass is 376 g/mol. The van der Waals surface area contributed by atoms with Crippen LogP contribution in [0.4, 0.5) is 0 Å². The van der Waals surface area contributed by atoms with Crippen molar-refractivity contribution in [2.24, 2.45) is 0 Å². The summed E-state index contributed by atoms with van der Waals surface area (Å²) >= 11 is 0. The largest absolute Gasteiger partial charge is 0.361 e. The van der Waals surface area contributed by atoms with Crippen LogP contribution in [0.3, 0.4) is 0 Å². The molecule has 6 nitrogen and oxygen atoms in total. The van der Waals surface area contributed by atoms with Crippen molar-refractivity contribution < 1.29 is 4.79 Å². The molecule has 1 unspecified atom stereocenters. The van der Waals surface area contributed by atoms with E-state index in [0.717, 1.165) is 67.2 Å². The fourth-order valence-electron chi connectivity index (χ4n) is 4.58. The van der Waals surface area contributed by atoms with Crippen LogP contribution in [0, 0.1) is 0 Å². The second kappa shape index (κ2) is 6.93. The number of nitrogens with zero attached hydrogens (tertiary/aromatic N) is 3. The van der Waals surface area contributed by atoms with E-state index in [0.29, 0.717) is 12.1 Å². The van der Waals surface area contributed by atoms with Crippen molar-refractivity contribution in [3.05, 3.63) is 63.7 Å². The number of rotatable bonds is 3. The highest BCUT2D eigenvalue weighted by molar-refractivity contribution is 5.98. The lowest BCUT2D eigenvalue weighted by Gasteiger charge is -2.26. The second-order valence-electron chi connectivity index (χ2n) is 7.92. The van der Waals surface area contributed by atoms with Gasteiger partial charge >= 0.3 is 0 Å². The van der Waals surface area contributed by atoms with Gasteiger partial charge in [0.1, 0.15) is 0 Å². The number of benzene rings is 1. The van der Waals surface area contributed by atoms with Gasteiger partial charge in [0.2, 0.25) is 0 Å². The summed E-state index contributed by atoms with van der Waals surface area (Å²) in [5, 5.41) is 5.68. The molecule has 28 heavy (non-hydrogen) atoms. The highest BCUT2D eigenvalue weighted by Crippen LogP contribution is 2.23. The minimum atomic E-state index is -0.0475. The molecule has 1 amide bonds. The maximum absolute atomic E-state index is 13.1. The van der Waals surface area contributed by atoms with Crippen LogP contribution in [0.5, 0.6) is 0 Å². The number of aromatic amines is 1. The molecule has 0 saturated carbocycles. The van der Waals surface area contributed by atoms with E-state index >= 15 is 0 Å². The first-order valence-corrected chi connectivity index (χ1v) is 10.2. The molecule has 2 aromatic heterocycles. The van der Waals surface area contributed by atoms with Crippen LogP contribution in [0.1, 0.15) is 47.3 Å². The Morgan fingerprint density at radius 3 is 2.96 bits per heavy atom. The number of H-pyrrole nitrogens is 1. The Bertz CT molecular complexity index is 1100. The fourth-order valence-corrected chi connectivity index (χ4v) is 4.58. The Labute approximate surface area is 163 Å². The van der Waals surface area contributed by atoms with Gasteiger partial charge in [-0.1, -0.05) is 0 Å². The van der Waals surface area contributed by atoms with Crippen LogP contribution in [0.25, 0.3) is 10.9 Å². The molecule has 0 bridgehead atoms. The summed E-state index contributed by atoms with van der Waals surface area (Å²) in [6, 6.07) is 9.50. The summed E-state index contributed by atoms with van der Waals surface area (Å²) in [5.74, 6) is 0.0385. The maximum atomic E-state index is 13.1. The molecule has 1 aliphatic carbocycles. The molecule has 2 aliphatic rings. The zero-order valence-electron chi connectivity index (χ0n) is 15.9. The van der Waals surface area contributed by atoms with Gasteiger partial charge in [0, 0.05) is 35.3 Å². The number of aryl methyl sites for hydroxylation is 2. The van der Waals surface area contributed by atoms with Gasteiger partial charge in [-0.15, -0.1) is 0 Å². The lowest BCUT2D eigenvalue weighted by atomic mass is 9.97. The molecule has 3 aromatic rings. The van der Waals surface area contributed by atoms with Crippen molar-refractivity contribution in [2.75, 3.05) is 6.54 Å². The summed E-state index contributed by atoms with van der Waals surface area (Å²) in [5.41, 5.74) is 3.84. The third-order valence-electron chi connectivity index (χ3n) is 6.10. The van der Waals surface area contributed by atoms with Gasteiger partial charge in [-0.3, -0.25) is 9.59 Å². The zero-order chi connectivity index (χ0) is 19.1. The van der Waals surface area contributed by atoms with Crippen molar-refractivity contribution in [1.29, 1.82) is 0 Å². The lowest BCUT2D eigenvalue weighted by Crippen LogP contribution is -2.41. The number of nitrogens with one attached hydrogen (secondary N) is 1. The molecule has 1 aromatic carbocycles. The molecule has 1 fully saturated rings. The van der Waals surface area contributed by atoms with Crippen LogP contribution in [0.15, 0.2) is 41.3 Å². The average molecular weight is 376 g/mol. The average Bonchev–Trinajstić information content (AvgIpc) is 3.36. The van der Waals surface area contributed by atoms with Crippen molar-refractivity contribution >= 4 is 16.8 Å². The van der Waals surface area contributed by atoms with Gasteiger partial charge in [-0.05, 0) is 68.4 Å². The molecule has 0 radical (unpaired) electrons. The maximum Gasteiger partial charge on any atom is 0.267 e. The smallest absolute Gasteiger partial charge is 0.267 e. The Morgan fingerprint density at radius 1 is 1.14 bits per heavy atom. The Hall–Kier alpha value is -2.89. The van der Waals surface area contributed by atoms with Crippen LogP contribution in [-0.4, -0.2) is 38.2 Å². The van der Waals surface area contributed by atoms with E-state index in [9.17, 15) is 9.59 Å². The van der Waals surface area contributed by atoms with Gasteiger partial charge < -0.3 is 9.88 Å². The predicted molar refractivity (Wildman–Crippen MR) is 107 cm³/mol. The topological polar surface area (TPSA) is 71.0 Å². The van der Waals surface area contributed by atoms with E-state index in [1.54, 1.807) is 10.7 Å². The van der Waals surface area contributed by atoms with E-state index in [4.69, 9.17) is 0 Å². The van der Waals surface area contributed by atoms with Crippen LogP contribution < -0.4 is 5.56 Å². The van der Waals surface area contributed by atoms with Gasteiger partial charge in [-0.2, -0.15) is 5.10 Å². The van der Waals surface area contributed by atoms with Crippen LogP contribution in [0.2, 0.25) is 0 Å². The summed E-state index contributed by atoms with van der Waals surface area (Å²) in [6.45, 7) is 1.21. The standard InChI is InChI=1S/C22H24N4O2/c27-21-13-15-4-1-2-6-20(15)24-26(21)14-18-5-3-11-25(18)22(28)17-7-8-19-16(12-17)9-10-23-19/h7-10,12-13,18,23H,1-6,11,14H2. The molecule has 6 heteroatoms. The van der Waals surface area contributed by atoms with Crippen molar-refractivity contribution in [3.8, 4) is 0 Å². The first-order valence-electron chi connectivity index (χ1n) is 10.2. The number of fused-ring (bicyclic) bond motifs is 2. The van der Waals surface area contributed by atoms with Crippen molar-refractivity contribution in [2.45, 2.75) is 51.1 Å². The van der Waals surface area contributed by atoms with Gasteiger partial charge in [-0.25, -0.2) is 4.68 Å². The van der Waals surface area contributed by atoms with Gasteiger partial charge in [0.05, 0.1) is 18.3 Å². The third kappa shape index (κ3) is 3.03. The summed E-state index contributed by atoms with van der Waals surface area (Å²) in [4.78, 5) is 30.7. The summed E-state index contributed by atoms with van der Waals surface area (Å²) < 4.78 is 1.58. The predicted octanol–water partition coefficient (Wildman–Crippen LogP) is 2.91. The summed E-state index contributed by atoms with van der Waals surface area (Å²) in [7, 11) is 0. The first-order chi connectivity index (χ1) is 13.7. The minimum Gasteiger partial charge on any atom is -0.361 e. The van der Waals surface area contributed by atoms with Crippen LogP contribution in [-0.2, 0) is 19.4 Å². The Morgan fingerprint density at radius 2 is 2.04 bits per heavy atom. The normalized spacial score (nSPS) is 19.1. The molecule has 1 N–H and O–H groups in total. The SMILES string of the molecule is O=C(c1ccc2[nH]ccc2c1)N1CCCC1Cn1nc2c(cc1=O)CCCC2. The number of aromatic nitrogens is 3.